The molecular formula is C26H27F3N4O2. The van der Waals surface area contributed by atoms with Crippen LogP contribution in [0.15, 0.2) is 64.2 Å². The van der Waals surface area contributed by atoms with Crippen LogP contribution in [-0.2, 0) is 26.3 Å². The lowest BCUT2D eigenvalue weighted by atomic mass is 10.1. The number of anilines is 2. The van der Waals surface area contributed by atoms with E-state index in [1.165, 1.54) is 19.2 Å². The maximum Gasteiger partial charge on any atom is 0.416 e. The van der Waals surface area contributed by atoms with Gasteiger partial charge in [-0.3, -0.25) is 13.9 Å². The molecule has 4 rings (SSSR count). The molecule has 4 aromatic rings. The first kappa shape index (κ1) is 24.4. The number of aromatic nitrogens is 3. The Kier molecular flexibility index (Phi) is 6.36. The fraction of sp³-hybridized carbons (Fsp3) is 0.308. The fourth-order valence-corrected chi connectivity index (χ4v) is 4.29. The molecule has 1 N–H and O–H groups in total. The monoisotopic (exact) mass is 484 g/mol. The van der Waals surface area contributed by atoms with E-state index in [2.05, 4.69) is 5.32 Å². The van der Waals surface area contributed by atoms with Crippen LogP contribution in [0.5, 0.6) is 0 Å². The number of alkyl halides is 3. The largest absolute Gasteiger partial charge is 0.416 e. The number of nitrogens with zero attached hydrogens (tertiary/aromatic N) is 3. The normalized spacial score (nSPS) is 12.0. The Bertz CT molecular complexity index is 1480. The van der Waals surface area contributed by atoms with Crippen LogP contribution in [0.2, 0.25) is 0 Å². The van der Waals surface area contributed by atoms with E-state index in [4.69, 9.17) is 0 Å². The Morgan fingerprint density at radius 2 is 1.57 bits per heavy atom. The highest BCUT2D eigenvalue weighted by Gasteiger charge is 2.30. The number of halogens is 3. The van der Waals surface area contributed by atoms with Gasteiger partial charge in [0.25, 0.3) is 5.56 Å². The summed E-state index contributed by atoms with van der Waals surface area (Å²) in [7, 11) is 1.45. The average molecular weight is 485 g/mol. The highest BCUT2D eigenvalue weighted by Crippen LogP contribution is 2.32. The standard InChI is InChI=1S/C26H27F3N4O2/c1-16(2)14-33-22-17(3)32(15-18-10-12-19(13-11-18)26(27,28)29)23(30-20-8-6-5-7-9-20)21(22)24(34)31(4)25(33)35/h5-13,16,30H,14-15H2,1-4H3. The molecule has 9 heteroatoms. The van der Waals surface area contributed by atoms with Gasteiger partial charge in [-0.2, -0.15) is 13.2 Å². The highest BCUT2D eigenvalue weighted by molar-refractivity contribution is 5.94. The minimum atomic E-state index is -4.42. The summed E-state index contributed by atoms with van der Waals surface area (Å²) in [5.41, 5.74) is 1.01. The van der Waals surface area contributed by atoms with E-state index in [1.54, 1.807) is 4.57 Å². The van der Waals surface area contributed by atoms with Crippen molar-refractivity contribution in [2.45, 2.75) is 40.0 Å². The van der Waals surface area contributed by atoms with Crippen molar-refractivity contribution in [3.8, 4) is 0 Å². The van der Waals surface area contributed by atoms with E-state index < -0.39 is 23.0 Å². The molecule has 0 aliphatic carbocycles. The number of aryl methyl sites for hydroxylation is 1. The Hall–Kier alpha value is -3.75. The number of hydrogen-bond donors (Lipinski definition) is 1. The minimum absolute atomic E-state index is 0.150. The van der Waals surface area contributed by atoms with Crippen LogP contribution >= 0.6 is 0 Å². The molecule has 0 atom stereocenters. The maximum absolute atomic E-state index is 13.3. The lowest BCUT2D eigenvalue weighted by molar-refractivity contribution is -0.137. The molecule has 184 valence electrons. The molecule has 0 spiro atoms. The molecule has 6 nitrogen and oxygen atoms in total. The Morgan fingerprint density at radius 3 is 2.14 bits per heavy atom. The van der Waals surface area contributed by atoms with Crippen LogP contribution in [0.1, 0.15) is 30.7 Å². The molecule has 0 unspecified atom stereocenters. The van der Waals surface area contributed by atoms with Gasteiger partial charge in [-0.1, -0.05) is 44.2 Å². The van der Waals surface area contributed by atoms with Crippen LogP contribution in [0.3, 0.4) is 0 Å². The van der Waals surface area contributed by atoms with E-state index in [0.717, 1.165) is 22.4 Å². The summed E-state index contributed by atoms with van der Waals surface area (Å²) in [5.74, 6) is 0.637. The lowest BCUT2D eigenvalue weighted by Gasteiger charge is -2.14. The van der Waals surface area contributed by atoms with Crippen molar-refractivity contribution in [1.82, 2.24) is 13.7 Å². The summed E-state index contributed by atoms with van der Waals surface area (Å²) in [4.78, 5) is 26.4. The van der Waals surface area contributed by atoms with Crippen LogP contribution in [0.25, 0.3) is 10.9 Å². The maximum atomic E-state index is 13.3. The molecule has 2 aromatic carbocycles. The second-order valence-electron chi connectivity index (χ2n) is 9.08. The fourth-order valence-electron chi connectivity index (χ4n) is 4.29. The van der Waals surface area contributed by atoms with Gasteiger partial charge in [-0.25, -0.2) is 4.79 Å². The van der Waals surface area contributed by atoms with Gasteiger partial charge < -0.3 is 9.88 Å². The van der Waals surface area contributed by atoms with Gasteiger partial charge in [0.1, 0.15) is 11.2 Å². The highest BCUT2D eigenvalue weighted by atomic mass is 19.4. The summed E-state index contributed by atoms with van der Waals surface area (Å²) >= 11 is 0. The predicted octanol–water partition coefficient (Wildman–Crippen LogP) is 5.28. The van der Waals surface area contributed by atoms with E-state index in [0.29, 0.717) is 34.5 Å². The molecule has 0 fully saturated rings. The van der Waals surface area contributed by atoms with Crippen molar-refractivity contribution in [3.05, 3.63) is 92.3 Å². The molecule has 0 radical (unpaired) electrons. The molecule has 2 heterocycles. The Balaban J connectivity index is 1.97. The molecule has 0 saturated heterocycles. The third-order valence-electron chi connectivity index (χ3n) is 6.00. The molecule has 0 aliphatic rings. The van der Waals surface area contributed by atoms with Gasteiger partial charge >= 0.3 is 11.9 Å². The zero-order chi connectivity index (χ0) is 25.5. The van der Waals surface area contributed by atoms with Gasteiger partial charge in [0.2, 0.25) is 0 Å². The van der Waals surface area contributed by atoms with Crippen molar-refractivity contribution in [1.29, 1.82) is 0 Å². The van der Waals surface area contributed by atoms with Gasteiger partial charge in [-0.15, -0.1) is 0 Å². The van der Waals surface area contributed by atoms with Crippen molar-refractivity contribution in [2.75, 3.05) is 5.32 Å². The quantitative estimate of drug-likeness (QED) is 0.405. The third-order valence-corrected chi connectivity index (χ3v) is 6.00. The Morgan fingerprint density at radius 1 is 0.943 bits per heavy atom. The predicted molar refractivity (Wildman–Crippen MR) is 131 cm³/mol. The van der Waals surface area contributed by atoms with Crippen LogP contribution in [0.4, 0.5) is 24.7 Å². The molecule has 0 bridgehead atoms. The molecule has 2 aromatic heterocycles. The zero-order valence-corrected chi connectivity index (χ0v) is 20.0. The van der Waals surface area contributed by atoms with Gasteiger partial charge in [0, 0.05) is 31.5 Å². The van der Waals surface area contributed by atoms with Crippen molar-refractivity contribution >= 4 is 22.4 Å². The first-order valence-electron chi connectivity index (χ1n) is 11.3. The van der Waals surface area contributed by atoms with Crippen molar-refractivity contribution < 1.29 is 13.2 Å². The zero-order valence-electron chi connectivity index (χ0n) is 20.0. The number of rotatable bonds is 6. The third kappa shape index (κ3) is 4.62. The van der Waals surface area contributed by atoms with E-state index in [-0.39, 0.29) is 12.5 Å². The first-order chi connectivity index (χ1) is 16.5. The minimum Gasteiger partial charge on any atom is -0.341 e. The smallest absolute Gasteiger partial charge is 0.341 e. The second-order valence-corrected chi connectivity index (χ2v) is 9.08. The topological polar surface area (TPSA) is 61.0 Å². The van der Waals surface area contributed by atoms with Crippen molar-refractivity contribution in [2.24, 2.45) is 13.0 Å². The number of para-hydroxylation sites is 1. The van der Waals surface area contributed by atoms with Crippen LogP contribution in [0, 0.1) is 12.8 Å². The number of fused-ring (bicyclic) bond motifs is 1. The average Bonchev–Trinajstić information content (AvgIpc) is 3.07. The van der Waals surface area contributed by atoms with E-state index >= 15 is 0 Å². The molecule has 0 aliphatic heterocycles. The SMILES string of the molecule is Cc1c2c(c(Nc3ccccc3)n1Cc1ccc(C(F)(F)F)cc1)c(=O)n(C)c(=O)n2CC(C)C. The number of hydrogen-bond acceptors (Lipinski definition) is 3. The van der Waals surface area contributed by atoms with Crippen LogP contribution in [-0.4, -0.2) is 13.7 Å². The van der Waals surface area contributed by atoms with Crippen molar-refractivity contribution in [3.63, 3.8) is 0 Å². The lowest BCUT2D eigenvalue weighted by Crippen LogP contribution is -2.38. The summed E-state index contributed by atoms with van der Waals surface area (Å²) in [6.07, 6.45) is -4.42. The molecule has 0 saturated carbocycles. The Labute approximate surface area is 200 Å². The summed E-state index contributed by atoms with van der Waals surface area (Å²) in [6, 6.07) is 14.2. The summed E-state index contributed by atoms with van der Waals surface area (Å²) < 4.78 is 43.7. The summed E-state index contributed by atoms with van der Waals surface area (Å²) in [6.45, 7) is 6.42. The molecular weight excluding hydrogens is 457 g/mol. The molecule has 0 amide bonds. The first-order valence-corrected chi connectivity index (χ1v) is 11.3. The van der Waals surface area contributed by atoms with Crippen LogP contribution < -0.4 is 16.6 Å². The number of benzene rings is 2. The van der Waals surface area contributed by atoms with Gasteiger partial charge in [0.15, 0.2) is 0 Å². The van der Waals surface area contributed by atoms with E-state index in [9.17, 15) is 22.8 Å². The summed E-state index contributed by atoms with van der Waals surface area (Å²) in [5, 5.41) is 3.68. The van der Waals surface area contributed by atoms with Gasteiger partial charge in [-0.05, 0) is 42.7 Å². The van der Waals surface area contributed by atoms with E-state index in [1.807, 2.05) is 55.7 Å². The number of nitrogens with one attached hydrogen (secondary N) is 1. The van der Waals surface area contributed by atoms with Gasteiger partial charge in [0.05, 0.1) is 11.1 Å². The second kappa shape index (κ2) is 9.13. The molecule has 35 heavy (non-hydrogen) atoms.